The van der Waals surface area contributed by atoms with Crippen LogP contribution in [-0.2, 0) is 12.4 Å². The zero-order chi connectivity index (χ0) is 14.5. The molecule has 2 rings (SSSR count). The van der Waals surface area contributed by atoms with Crippen molar-refractivity contribution in [3.8, 4) is 5.75 Å². The van der Waals surface area contributed by atoms with Gasteiger partial charge in [0.1, 0.15) is 11.6 Å². The van der Waals surface area contributed by atoms with Crippen LogP contribution in [0.15, 0.2) is 42.5 Å². The fourth-order valence-corrected chi connectivity index (χ4v) is 2.27. The zero-order valence-corrected chi connectivity index (χ0v) is 12.3. The van der Waals surface area contributed by atoms with Crippen molar-refractivity contribution in [2.24, 2.45) is 0 Å². The van der Waals surface area contributed by atoms with E-state index in [1.54, 1.807) is 7.11 Å². The molecule has 0 aliphatic carbocycles. The van der Waals surface area contributed by atoms with E-state index in [0.29, 0.717) is 12.4 Å². The van der Waals surface area contributed by atoms with Gasteiger partial charge in [-0.2, -0.15) is 0 Å². The highest BCUT2D eigenvalue weighted by Crippen LogP contribution is 2.24. The maximum Gasteiger partial charge on any atom is 0.125 e. The Bertz CT molecular complexity index is 588. The van der Waals surface area contributed by atoms with Crippen LogP contribution >= 0.6 is 11.6 Å². The molecule has 0 heterocycles. The fraction of sp³-hybridized carbons (Fsp3) is 0.250. The van der Waals surface area contributed by atoms with E-state index in [1.807, 2.05) is 42.3 Å². The van der Waals surface area contributed by atoms with Crippen LogP contribution in [0.2, 0.25) is 0 Å². The Morgan fingerprint density at radius 1 is 1.20 bits per heavy atom. The third-order valence-electron chi connectivity index (χ3n) is 3.14. The highest BCUT2D eigenvalue weighted by molar-refractivity contribution is 6.17. The third kappa shape index (κ3) is 3.42. The second-order valence-corrected chi connectivity index (χ2v) is 4.89. The van der Waals surface area contributed by atoms with Gasteiger partial charge in [-0.15, -0.1) is 11.6 Å². The molecular weight excluding hydrogens is 277 g/mol. The van der Waals surface area contributed by atoms with E-state index in [4.69, 9.17) is 16.3 Å². The van der Waals surface area contributed by atoms with Crippen molar-refractivity contribution in [3.05, 3.63) is 59.4 Å². The van der Waals surface area contributed by atoms with Crippen LogP contribution in [0.3, 0.4) is 0 Å². The minimum atomic E-state index is -0.273. The topological polar surface area (TPSA) is 12.5 Å². The minimum absolute atomic E-state index is 0.273. The molecule has 4 heteroatoms. The van der Waals surface area contributed by atoms with Gasteiger partial charge in [0.15, 0.2) is 0 Å². The molecule has 0 saturated carbocycles. The van der Waals surface area contributed by atoms with E-state index in [0.717, 1.165) is 22.6 Å². The number of ether oxygens (including phenoxy) is 1. The molecule has 0 N–H and O–H groups in total. The summed E-state index contributed by atoms with van der Waals surface area (Å²) in [4.78, 5) is 1.97. The maximum absolute atomic E-state index is 13.5. The van der Waals surface area contributed by atoms with Gasteiger partial charge < -0.3 is 9.64 Å². The fourth-order valence-electron chi connectivity index (χ4n) is 2.11. The summed E-state index contributed by atoms with van der Waals surface area (Å²) in [6.07, 6.45) is 0. The van der Waals surface area contributed by atoms with Crippen LogP contribution in [0, 0.1) is 5.82 Å². The van der Waals surface area contributed by atoms with Crippen molar-refractivity contribution in [3.63, 3.8) is 0 Å². The molecule has 0 saturated heterocycles. The molecule has 0 fully saturated rings. The number of hydrogen-bond donors (Lipinski definition) is 0. The van der Waals surface area contributed by atoms with Gasteiger partial charge in [0.25, 0.3) is 0 Å². The number of rotatable bonds is 5. The second kappa shape index (κ2) is 6.62. The highest BCUT2D eigenvalue weighted by atomic mass is 35.5. The normalized spacial score (nSPS) is 10.4. The van der Waals surface area contributed by atoms with Gasteiger partial charge in [0.05, 0.1) is 7.11 Å². The maximum atomic E-state index is 13.5. The van der Waals surface area contributed by atoms with Crippen molar-refractivity contribution in [2.45, 2.75) is 12.4 Å². The van der Waals surface area contributed by atoms with E-state index in [2.05, 4.69) is 0 Å². The second-order valence-electron chi connectivity index (χ2n) is 4.62. The van der Waals surface area contributed by atoms with Crippen LogP contribution in [0.4, 0.5) is 10.1 Å². The van der Waals surface area contributed by atoms with E-state index >= 15 is 0 Å². The number of methoxy groups -OCH3 is 1. The lowest BCUT2D eigenvalue weighted by Crippen LogP contribution is -2.17. The van der Waals surface area contributed by atoms with E-state index in [1.165, 1.54) is 12.1 Å². The predicted molar refractivity (Wildman–Crippen MR) is 81.1 cm³/mol. The van der Waals surface area contributed by atoms with E-state index in [9.17, 15) is 4.39 Å². The van der Waals surface area contributed by atoms with Crippen molar-refractivity contribution < 1.29 is 9.13 Å². The zero-order valence-electron chi connectivity index (χ0n) is 11.6. The molecule has 0 spiro atoms. The Balaban J connectivity index is 2.23. The number of para-hydroxylation sites is 1. The number of benzene rings is 2. The molecule has 0 aliphatic heterocycles. The van der Waals surface area contributed by atoms with Crippen LogP contribution in [0.25, 0.3) is 0 Å². The first kappa shape index (κ1) is 14.7. The van der Waals surface area contributed by atoms with Gasteiger partial charge in [0, 0.05) is 30.7 Å². The number of alkyl halides is 1. The highest BCUT2D eigenvalue weighted by Gasteiger charge is 2.08. The Morgan fingerprint density at radius 3 is 2.65 bits per heavy atom. The molecule has 0 aromatic heterocycles. The molecule has 2 aromatic carbocycles. The van der Waals surface area contributed by atoms with Gasteiger partial charge in [-0.1, -0.05) is 18.2 Å². The molecule has 2 nitrogen and oxygen atoms in total. The third-order valence-corrected chi connectivity index (χ3v) is 3.45. The lowest BCUT2D eigenvalue weighted by atomic mass is 10.1. The molecule has 20 heavy (non-hydrogen) atoms. The average Bonchev–Trinajstić information content (AvgIpc) is 2.47. The first-order chi connectivity index (χ1) is 9.63. The Morgan fingerprint density at radius 2 is 1.95 bits per heavy atom. The van der Waals surface area contributed by atoms with Crippen LogP contribution in [0.5, 0.6) is 5.75 Å². The monoisotopic (exact) mass is 293 g/mol. The Labute approximate surface area is 123 Å². The number of nitrogens with zero attached hydrogens (tertiary/aromatic N) is 1. The Hall–Kier alpha value is -1.74. The first-order valence-electron chi connectivity index (χ1n) is 6.32. The molecule has 0 radical (unpaired) electrons. The number of anilines is 1. The van der Waals surface area contributed by atoms with Gasteiger partial charge in [-0.05, 0) is 29.8 Å². The molecule has 106 valence electrons. The molecule has 0 bridgehead atoms. The van der Waals surface area contributed by atoms with Gasteiger partial charge in [-0.25, -0.2) is 4.39 Å². The largest absolute Gasteiger partial charge is 0.496 e. The summed E-state index contributed by atoms with van der Waals surface area (Å²) in [5, 5.41) is 0. The van der Waals surface area contributed by atoms with Gasteiger partial charge in [-0.3, -0.25) is 0 Å². The molecular formula is C16H17ClFNO. The van der Waals surface area contributed by atoms with E-state index < -0.39 is 0 Å². The van der Waals surface area contributed by atoms with Gasteiger partial charge >= 0.3 is 0 Å². The summed E-state index contributed by atoms with van der Waals surface area (Å²) in [6, 6.07) is 12.7. The summed E-state index contributed by atoms with van der Waals surface area (Å²) in [6.45, 7) is 0.634. The lowest BCUT2D eigenvalue weighted by Gasteiger charge is -2.21. The standard InChI is InChI=1S/C16H17ClFNO/c1-19(11-13-5-3-4-6-16(13)20-2)15-8-12(10-17)7-14(18)9-15/h3-9H,10-11H2,1-2H3. The molecule has 0 unspecified atom stereocenters. The summed E-state index contributed by atoms with van der Waals surface area (Å²) in [5.74, 6) is 0.853. The summed E-state index contributed by atoms with van der Waals surface area (Å²) < 4.78 is 18.9. The average molecular weight is 294 g/mol. The van der Waals surface area contributed by atoms with Crippen LogP contribution < -0.4 is 9.64 Å². The van der Waals surface area contributed by atoms with Crippen molar-refractivity contribution in [2.75, 3.05) is 19.1 Å². The molecule has 0 aliphatic rings. The van der Waals surface area contributed by atoms with Crippen LogP contribution in [0.1, 0.15) is 11.1 Å². The SMILES string of the molecule is COc1ccccc1CN(C)c1cc(F)cc(CCl)c1. The summed E-state index contributed by atoms with van der Waals surface area (Å²) >= 11 is 5.78. The minimum Gasteiger partial charge on any atom is -0.496 e. The first-order valence-corrected chi connectivity index (χ1v) is 6.86. The smallest absolute Gasteiger partial charge is 0.125 e. The molecule has 0 amide bonds. The Kier molecular flexibility index (Phi) is 4.85. The number of halogens is 2. The summed E-state index contributed by atoms with van der Waals surface area (Å²) in [5.41, 5.74) is 2.62. The van der Waals surface area contributed by atoms with Crippen molar-refractivity contribution >= 4 is 17.3 Å². The molecule has 2 aromatic rings. The van der Waals surface area contributed by atoms with Crippen molar-refractivity contribution in [1.82, 2.24) is 0 Å². The number of hydrogen-bond acceptors (Lipinski definition) is 2. The van der Waals surface area contributed by atoms with Crippen molar-refractivity contribution in [1.29, 1.82) is 0 Å². The lowest BCUT2D eigenvalue weighted by molar-refractivity contribution is 0.409. The van der Waals surface area contributed by atoms with Gasteiger partial charge in [0.2, 0.25) is 0 Å². The quantitative estimate of drug-likeness (QED) is 0.766. The predicted octanol–water partition coefficient (Wildman–Crippen LogP) is 4.21. The van der Waals surface area contributed by atoms with Crippen LogP contribution in [-0.4, -0.2) is 14.2 Å². The molecule has 0 atom stereocenters. The summed E-state index contributed by atoms with van der Waals surface area (Å²) in [7, 11) is 3.56. The van der Waals surface area contributed by atoms with E-state index in [-0.39, 0.29) is 5.82 Å².